The Balaban J connectivity index is 1.87. The second-order valence-electron chi connectivity index (χ2n) is 6.23. The van der Waals surface area contributed by atoms with Crippen molar-refractivity contribution in [2.24, 2.45) is 28.9 Å². The maximum Gasteiger partial charge on any atom is 0.0127 e. The Morgan fingerprint density at radius 3 is 2.71 bits per heavy atom. The molecular weight excluding hydrogens is 170 g/mol. The Kier molecular flexibility index (Phi) is 1.96. The molecule has 1 spiro atoms. The monoisotopic (exact) mass is 193 g/mol. The van der Waals surface area contributed by atoms with Gasteiger partial charge in [0.25, 0.3) is 0 Å². The minimum Gasteiger partial charge on any atom is -0.327 e. The molecule has 3 aliphatic carbocycles. The van der Waals surface area contributed by atoms with Crippen LogP contribution < -0.4 is 5.73 Å². The zero-order valence-electron chi connectivity index (χ0n) is 9.34. The highest BCUT2D eigenvalue weighted by Crippen LogP contribution is 2.61. The molecular formula is C13H23N. The fourth-order valence-corrected chi connectivity index (χ4v) is 4.91. The first-order valence-corrected chi connectivity index (χ1v) is 6.48. The largest absolute Gasteiger partial charge is 0.327 e. The molecule has 0 amide bonds. The zero-order valence-corrected chi connectivity index (χ0v) is 9.34. The second-order valence-corrected chi connectivity index (χ2v) is 6.23. The molecule has 2 N–H and O–H groups in total. The van der Waals surface area contributed by atoms with Crippen LogP contribution in [0.25, 0.3) is 0 Å². The first kappa shape index (κ1) is 9.21. The van der Waals surface area contributed by atoms with Crippen LogP contribution >= 0.6 is 0 Å². The number of fused-ring (bicyclic) bond motifs is 3. The minimum absolute atomic E-state index is 0.559. The molecule has 3 rings (SSSR count). The Bertz CT molecular complexity index is 233. The molecule has 3 fully saturated rings. The van der Waals surface area contributed by atoms with Gasteiger partial charge in [0.2, 0.25) is 0 Å². The molecule has 0 heterocycles. The van der Waals surface area contributed by atoms with Crippen molar-refractivity contribution >= 4 is 0 Å². The lowest BCUT2D eigenvalue weighted by Crippen LogP contribution is -2.48. The summed E-state index contributed by atoms with van der Waals surface area (Å²) in [5.41, 5.74) is 7.09. The summed E-state index contributed by atoms with van der Waals surface area (Å²) in [7, 11) is 0. The van der Waals surface area contributed by atoms with Crippen LogP contribution in [0.15, 0.2) is 0 Å². The molecule has 5 atom stereocenters. The third-order valence-electron chi connectivity index (χ3n) is 5.53. The van der Waals surface area contributed by atoms with Gasteiger partial charge < -0.3 is 5.73 Å². The molecule has 0 unspecified atom stereocenters. The predicted octanol–water partition coefficient (Wildman–Crippen LogP) is 2.94. The minimum atomic E-state index is 0.559. The second kappa shape index (κ2) is 2.98. The fraction of sp³-hybridized carbons (Fsp3) is 1.00. The first-order chi connectivity index (χ1) is 6.72. The third-order valence-corrected chi connectivity index (χ3v) is 5.53. The Morgan fingerprint density at radius 1 is 1.21 bits per heavy atom. The zero-order chi connectivity index (χ0) is 9.76. The van der Waals surface area contributed by atoms with Crippen molar-refractivity contribution in [1.82, 2.24) is 0 Å². The van der Waals surface area contributed by atoms with E-state index in [0.717, 1.165) is 17.8 Å². The van der Waals surface area contributed by atoms with Gasteiger partial charge in [-0.3, -0.25) is 0 Å². The standard InChI is InChI=1S/C13H23N/c1-9-3-2-6-13(8-9)11-5-4-10(7-11)12(13)14/h9-12H,2-8,14H2,1H3/t9-,10+,11-,12+,13-/m1/s1. The van der Waals surface area contributed by atoms with Crippen LogP contribution in [0, 0.1) is 23.2 Å². The molecule has 3 aliphatic rings. The summed E-state index contributed by atoms with van der Waals surface area (Å²) in [5, 5.41) is 0. The number of hydrogen-bond donors (Lipinski definition) is 1. The van der Waals surface area contributed by atoms with Crippen molar-refractivity contribution in [3.63, 3.8) is 0 Å². The summed E-state index contributed by atoms with van der Waals surface area (Å²) in [6.07, 6.45) is 10.2. The van der Waals surface area contributed by atoms with E-state index in [9.17, 15) is 0 Å². The van der Waals surface area contributed by atoms with Crippen LogP contribution in [0.1, 0.15) is 51.9 Å². The molecule has 0 aromatic heterocycles. The van der Waals surface area contributed by atoms with Gasteiger partial charge in [0, 0.05) is 6.04 Å². The van der Waals surface area contributed by atoms with Crippen LogP contribution in [-0.4, -0.2) is 6.04 Å². The van der Waals surface area contributed by atoms with Gasteiger partial charge >= 0.3 is 0 Å². The first-order valence-electron chi connectivity index (χ1n) is 6.48. The predicted molar refractivity (Wildman–Crippen MR) is 58.9 cm³/mol. The van der Waals surface area contributed by atoms with E-state index in [0.29, 0.717) is 11.5 Å². The van der Waals surface area contributed by atoms with E-state index in [-0.39, 0.29) is 0 Å². The van der Waals surface area contributed by atoms with Crippen LogP contribution in [0.3, 0.4) is 0 Å². The van der Waals surface area contributed by atoms with Gasteiger partial charge in [-0.1, -0.05) is 19.8 Å². The highest BCUT2D eigenvalue weighted by atomic mass is 14.8. The third kappa shape index (κ3) is 1.05. The highest BCUT2D eigenvalue weighted by molar-refractivity contribution is 5.09. The Labute approximate surface area is 87.4 Å². The maximum absolute atomic E-state index is 6.49. The molecule has 80 valence electrons. The van der Waals surface area contributed by atoms with Gasteiger partial charge in [0.15, 0.2) is 0 Å². The van der Waals surface area contributed by atoms with Crippen molar-refractivity contribution in [3.8, 4) is 0 Å². The van der Waals surface area contributed by atoms with Crippen LogP contribution in [0.2, 0.25) is 0 Å². The van der Waals surface area contributed by atoms with E-state index in [4.69, 9.17) is 5.73 Å². The molecule has 0 aromatic rings. The van der Waals surface area contributed by atoms with Gasteiger partial charge in [-0.05, 0) is 55.3 Å². The van der Waals surface area contributed by atoms with Crippen molar-refractivity contribution in [1.29, 1.82) is 0 Å². The lowest BCUT2D eigenvalue weighted by Gasteiger charge is -2.47. The number of rotatable bonds is 0. The van der Waals surface area contributed by atoms with E-state index < -0.39 is 0 Å². The quantitative estimate of drug-likeness (QED) is 0.629. The van der Waals surface area contributed by atoms with Crippen molar-refractivity contribution in [2.45, 2.75) is 57.9 Å². The molecule has 0 radical (unpaired) electrons. The molecule has 1 nitrogen and oxygen atoms in total. The topological polar surface area (TPSA) is 26.0 Å². The summed E-state index contributed by atoms with van der Waals surface area (Å²) in [4.78, 5) is 0. The van der Waals surface area contributed by atoms with E-state index in [1.165, 1.54) is 44.9 Å². The number of hydrogen-bond acceptors (Lipinski definition) is 1. The van der Waals surface area contributed by atoms with Gasteiger partial charge in [-0.25, -0.2) is 0 Å². The van der Waals surface area contributed by atoms with Gasteiger partial charge in [0.1, 0.15) is 0 Å². The van der Waals surface area contributed by atoms with Gasteiger partial charge in [0.05, 0.1) is 0 Å². The molecule has 0 aliphatic heterocycles. The lowest BCUT2D eigenvalue weighted by molar-refractivity contribution is 0.0531. The molecule has 2 bridgehead atoms. The summed E-state index contributed by atoms with van der Waals surface area (Å²) in [5.74, 6) is 2.84. The molecule has 1 heteroatoms. The summed E-state index contributed by atoms with van der Waals surface area (Å²) < 4.78 is 0. The van der Waals surface area contributed by atoms with Gasteiger partial charge in [-0.2, -0.15) is 0 Å². The Morgan fingerprint density at radius 2 is 2.07 bits per heavy atom. The van der Waals surface area contributed by atoms with E-state index in [1.807, 2.05) is 0 Å². The van der Waals surface area contributed by atoms with Crippen molar-refractivity contribution < 1.29 is 0 Å². The van der Waals surface area contributed by atoms with Crippen LogP contribution in [0.5, 0.6) is 0 Å². The van der Waals surface area contributed by atoms with Crippen molar-refractivity contribution in [2.75, 3.05) is 0 Å². The van der Waals surface area contributed by atoms with E-state index in [1.54, 1.807) is 0 Å². The molecule has 0 aromatic carbocycles. The van der Waals surface area contributed by atoms with E-state index >= 15 is 0 Å². The maximum atomic E-state index is 6.49. The van der Waals surface area contributed by atoms with Crippen molar-refractivity contribution in [3.05, 3.63) is 0 Å². The normalized spacial score (nSPS) is 57.0. The Hall–Kier alpha value is -0.0400. The van der Waals surface area contributed by atoms with E-state index in [2.05, 4.69) is 6.92 Å². The molecule has 14 heavy (non-hydrogen) atoms. The van der Waals surface area contributed by atoms with Crippen LogP contribution in [-0.2, 0) is 0 Å². The van der Waals surface area contributed by atoms with Crippen LogP contribution in [0.4, 0.5) is 0 Å². The number of nitrogens with two attached hydrogens (primary N) is 1. The van der Waals surface area contributed by atoms with Gasteiger partial charge in [-0.15, -0.1) is 0 Å². The fourth-order valence-electron chi connectivity index (χ4n) is 4.91. The molecule has 0 saturated heterocycles. The summed E-state index contributed by atoms with van der Waals surface area (Å²) in [6, 6.07) is 0.559. The summed E-state index contributed by atoms with van der Waals surface area (Å²) in [6.45, 7) is 2.43. The average molecular weight is 193 g/mol. The lowest BCUT2D eigenvalue weighted by atomic mass is 9.60. The SMILES string of the molecule is C[C@@H]1CCC[C@@]2(C1)[C@@H]1CC[C@@H](C1)[C@@H]2N. The average Bonchev–Trinajstić information content (AvgIpc) is 2.71. The summed E-state index contributed by atoms with van der Waals surface area (Å²) >= 11 is 0. The molecule has 3 saturated carbocycles. The smallest absolute Gasteiger partial charge is 0.0127 e. The highest BCUT2D eigenvalue weighted by Gasteiger charge is 2.56.